The van der Waals surface area contributed by atoms with E-state index in [9.17, 15) is 0 Å². The Morgan fingerprint density at radius 3 is 2.68 bits per heavy atom. The summed E-state index contributed by atoms with van der Waals surface area (Å²) in [5.41, 5.74) is 6.11. The predicted molar refractivity (Wildman–Crippen MR) is 116 cm³/mol. The van der Waals surface area contributed by atoms with E-state index in [2.05, 4.69) is 36.1 Å². The van der Waals surface area contributed by atoms with Gasteiger partial charge in [0.05, 0.1) is 25.5 Å². The third-order valence-corrected chi connectivity index (χ3v) is 5.61. The van der Waals surface area contributed by atoms with E-state index >= 15 is 0 Å². The normalized spacial score (nSPS) is 15.6. The number of rotatable bonds is 5. The lowest BCUT2D eigenvalue weighted by atomic mass is 10.1. The van der Waals surface area contributed by atoms with Crippen LogP contribution in [0.1, 0.15) is 35.4 Å². The highest BCUT2D eigenvalue weighted by atomic mass is 16.5. The number of aryl methyl sites for hydroxylation is 2. The van der Waals surface area contributed by atoms with Crippen LogP contribution in [0.4, 0.5) is 0 Å². The summed E-state index contributed by atoms with van der Waals surface area (Å²) in [6.45, 7) is 7.89. The van der Waals surface area contributed by atoms with E-state index in [4.69, 9.17) is 19.1 Å². The molecule has 0 saturated carbocycles. The molecule has 0 spiro atoms. The molecule has 4 aromatic rings. The highest BCUT2D eigenvalue weighted by Gasteiger charge is 2.24. The molecule has 31 heavy (non-hydrogen) atoms. The lowest BCUT2D eigenvalue weighted by Crippen LogP contribution is -2.21. The molecule has 0 amide bonds. The molecular formula is C24H24N4O3. The summed E-state index contributed by atoms with van der Waals surface area (Å²) >= 11 is 0. The van der Waals surface area contributed by atoms with Gasteiger partial charge in [0.15, 0.2) is 5.69 Å². The monoisotopic (exact) mass is 416 g/mol. The molecule has 1 aliphatic rings. The highest BCUT2D eigenvalue weighted by Crippen LogP contribution is 2.30. The van der Waals surface area contributed by atoms with Crippen LogP contribution in [0, 0.1) is 13.8 Å². The third kappa shape index (κ3) is 3.84. The van der Waals surface area contributed by atoms with E-state index < -0.39 is 0 Å². The maximum atomic E-state index is 6.07. The highest BCUT2D eigenvalue weighted by molar-refractivity contribution is 5.59. The molecule has 0 aliphatic carbocycles. The van der Waals surface area contributed by atoms with Gasteiger partial charge in [-0.2, -0.15) is 10.1 Å². The predicted octanol–water partition coefficient (Wildman–Crippen LogP) is 4.89. The molecule has 1 atom stereocenters. The molecule has 7 nitrogen and oxygen atoms in total. The second-order valence-corrected chi connectivity index (χ2v) is 7.73. The van der Waals surface area contributed by atoms with Gasteiger partial charge in [-0.25, -0.2) is 0 Å². The Hall–Kier alpha value is -3.45. The second kappa shape index (κ2) is 8.00. The van der Waals surface area contributed by atoms with Crippen LogP contribution in [0.5, 0.6) is 5.75 Å². The number of hydrogen-bond acceptors (Lipinski definition) is 6. The number of nitrogens with zero attached hydrogens (tertiary/aromatic N) is 4. The fraction of sp³-hybridized carbons (Fsp3) is 0.292. The van der Waals surface area contributed by atoms with Crippen molar-refractivity contribution >= 4 is 0 Å². The smallest absolute Gasteiger partial charge is 0.278 e. The lowest BCUT2D eigenvalue weighted by molar-refractivity contribution is -0.00115. The average molecular weight is 416 g/mol. The molecular weight excluding hydrogens is 392 g/mol. The molecule has 0 saturated heterocycles. The topological polar surface area (TPSA) is 75.2 Å². The van der Waals surface area contributed by atoms with Crippen LogP contribution in [0.25, 0.3) is 23.0 Å². The van der Waals surface area contributed by atoms with Crippen molar-refractivity contribution in [2.24, 2.45) is 0 Å². The summed E-state index contributed by atoms with van der Waals surface area (Å²) < 4.78 is 19.1. The van der Waals surface area contributed by atoms with Crippen molar-refractivity contribution in [3.63, 3.8) is 0 Å². The molecule has 158 valence electrons. The van der Waals surface area contributed by atoms with Gasteiger partial charge in [-0.15, -0.1) is 0 Å². The Morgan fingerprint density at radius 2 is 1.90 bits per heavy atom. The standard InChI is InChI=1S/C24H24N4O3/c1-4-29-20-9-7-17(8-10-20)22-13-28-19(14-30-22)12-21(26-28)24-25-23(27-31-24)18-6-5-15(2)16(3)11-18/h5-12,22H,4,13-14H2,1-3H3/t22-/m0/s1. The minimum absolute atomic E-state index is 0.0651. The summed E-state index contributed by atoms with van der Waals surface area (Å²) in [7, 11) is 0. The molecule has 0 fully saturated rings. The zero-order valence-corrected chi connectivity index (χ0v) is 17.8. The molecule has 0 unspecified atom stereocenters. The molecule has 0 N–H and O–H groups in total. The van der Waals surface area contributed by atoms with E-state index in [0.717, 1.165) is 22.6 Å². The minimum atomic E-state index is -0.0651. The van der Waals surface area contributed by atoms with Crippen LogP contribution in [0.2, 0.25) is 0 Å². The summed E-state index contributed by atoms with van der Waals surface area (Å²) in [5.74, 6) is 1.83. The van der Waals surface area contributed by atoms with Gasteiger partial charge in [-0.1, -0.05) is 29.4 Å². The van der Waals surface area contributed by atoms with Gasteiger partial charge in [0.1, 0.15) is 11.9 Å². The van der Waals surface area contributed by atoms with Crippen LogP contribution in [0.3, 0.4) is 0 Å². The summed E-state index contributed by atoms with van der Waals surface area (Å²) in [4.78, 5) is 4.56. The van der Waals surface area contributed by atoms with Gasteiger partial charge < -0.3 is 14.0 Å². The van der Waals surface area contributed by atoms with Gasteiger partial charge in [0, 0.05) is 5.56 Å². The fourth-order valence-corrected chi connectivity index (χ4v) is 3.70. The summed E-state index contributed by atoms with van der Waals surface area (Å²) in [5, 5.41) is 8.85. The zero-order chi connectivity index (χ0) is 21.4. The van der Waals surface area contributed by atoms with Crippen molar-refractivity contribution in [3.05, 3.63) is 70.9 Å². The van der Waals surface area contributed by atoms with E-state index in [1.807, 2.05) is 48.0 Å². The van der Waals surface area contributed by atoms with Crippen molar-refractivity contribution in [1.82, 2.24) is 19.9 Å². The molecule has 3 heterocycles. The fourth-order valence-electron chi connectivity index (χ4n) is 3.70. The van der Waals surface area contributed by atoms with Gasteiger partial charge >= 0.3 is 0 Å². The van der Waals surface area contributed by atoms with Crippen molar-refractivity contribution in [2.45, 2.75) is 40.0 Å². The number of aromatic nitrogens is 4. The first-order valence-electron chi connectivity index (χ1n) is 10.4. The van der Waals surface area contributed by atoms with Gasteiger partial charge in [-0.3, -0.25) is 4.68 Å². The van der Waals surface area contributed by atoms with Crippen molar-refractivity contribution in [1.29, 1.82) is 0 Å². The van der Waals surface area contributed by atoms with E-state index in [0.29, 0.717) is 37.2 Å². The summed E-state index contributed by atoms with van der Waals surface area (Å²) in [6, 6.07) is 16.1. The van der Waals surface area contributed by atoms with E-state index in [1.54, 1.807) is 0 Å². The Kier molecular flexibility index (Phi) is 5.03. The third-order valence-electron chi connectivity index (χ3n) is 5.61. The minimum Gasteiger partial charge on any atom is -0.494 e. The largest absolute Gasteiger partial charge is 0.494 e. The molecule has 2 aromatic heterocycles. The molecule has 0 radical (unpaired) electrons. The van der Waals surface area contributed by atoms with E-state index in [1.165, 1.54) is 11.1 Å². The molecule has 1 aliphatic heterocycles. The first-order chi connectivity index (χ1) is 15.1. The number of fused-ring (bicyclic) bond motifs is 1. The zero-order valence-electron chi connectivity index (χ0n) is 17.8. The maximum Gasteiger partial charge on any atom is 0.278 e. The maximum absolute atomic E-state index is 6.07. The van der Waals surface area contributed by atoms with Crippen LogP contribution in [-0.4, -0.2) is 26.5 Å². The van der Waals surface area contributed by atoms with Gasteiger partial charge in [0.2, 0.25) is 5.82 Å². The Labute approximate surface area is 180 Å². The molecule has 0 bridgehead atoms. The molecule has 7 heteroatoms. The van der Waals surface area contributed by atoms with Crippen LogP contribution >= 0.6 is 0 Å². The SMILES string of the molecule is CCOc1ccc([C@@H]2Cn3nc(-c4nc(-c5ccc(C)c(C)c5)no4)cc3CO2)cc1. The number of hydrogen-bond donors (Lipinski definition) is 0. The first-order valence-corrected chi connectivity index (χ1v) is 10.4. The lowest BCUT2D eigenvalue weighted by Gasteiger charge is -2.24. The second-order valence-electron chi connectivity index (χ2n) is 7.73. The van der Waals surface area contributed by atoms with Crippen LogP contribution in [-0.2, 0) is 17.9 Å². The molecule has 5 rings (SSSR count). The number of benzene rings is 2. The van der Waals surface area contributed by atoms with Gasteiger partial charge in [-0.05, 0) is 61.7 Å². The van der Waals surface area contributed by atoms with Crippen LogP contribution in [0.15, 0.2) is 53.1 Å². The number of ether oxygens (including phenoxy) is 2. The Balaban J connectivity index is 1.35. The van der Waals surface area contributed by atoms with Crippen molar-refractivity contribution in [2.75, 3.05) is 6.61 Å². The average Bonchev–Trinajstić information content (AvgIpc) is 3.43. The molecule has 2 aromatic carbocycles. The van der Waals surface area contributed by atoms with Crippen molar-refractivity contribution < 1.29 is 14.0 Å². The quantitative estimate of drug-likeness (QED) is 0.461. The Bertz CT molecular complexity index is 1210. The van der Waals surface area contributed by atoms with Gasteiger partial charge in [0.25, 0.3) is 5.89 Å². The van der Waals surface area contributed by atoms with E-state index in [-0.39, 0.29) is 6.10 Å². The summed E-state index contributed by atoms with van der Waals surface area (Å²) in [6.07, 6.45) is -0.0651. The van der Waals surface area contributed by atoms with Crippen molar-refractivity contribution in [3.8, 4) is 28.7 Å². The first kappa shape index (κ1) is 19.5. The Morgan fingerprint density at radius 1 is 1.06 bits per heavy atom. The van der Waals surface area contributed by atoms with Crippen LogP contribution < -0.4 is 4.74 Å².